The van der Waals surface area contributed by atoms with E-state index in [1.54, 1.807) is 0 Å². The molecule has 0 unspecified atom stereocenters. The second kappa shape index (κ2) is 4.08. The Hall–Kier alpha value is -1.30. The van der Waals surface area contributed by atoms with Crippen LogP contribution in [0.4, 0.5) is 0 Å². The zero-order valence-corrected chi connectivity index (χ0v) is 7.23. The van der Waals surface area contributed by atoms with E-state index < -0.39 is 12.0 Å². The number of aliphatic carboxylic acids is 1. The fourth-order valence-electron chi connectivity index (χ4n) is 1.37. The molecule has 13 heavy (non-hydrogen) atoms. The van der Waals surface area contributed by atoms with Crippen molar-refractivity contribution in [1.82, 2.24) is 5.32 Å². The van der Waals surface area contributed by atoms with Crippen molar-refractivity contribution in [2.24, 2.45) is 16.5 Å². The molecule has 6 nitrogen and oxygen atoms in total. The van der Waals surface area contributed by atoms with E-state index in [-0.39, 0.29) is 12.0 Å². The largest absolute Gasteiger partial charge is 0.480 e. The number of nitrogens with zero attached hydrogens (tertiary/aromatic N) is 1. The highest BCUT2D eigenvalue weighted by Gasteiger charge is 2.24. The Morgan fingerprint density at radius 2 is 2.15 bits per heavy atom. The third-order valence-corrected chi connectivity index (χ3v) is 2.02. The lowest BCUT2D eigenvalue weighted by atomic mass is 10.0. The maximum absolute atomic E-state index is 10.5. The molecule has 0 aliphatic carbocycles. The van der Waals surface area contributed by atoms with Gasteiger partial charge in [0.2, 0.25) is 0 Å². The zero-order valence-electron chi connectivity index (χ0n) is 7.23. The van der Waals surface area contributed by atoms with Gasteiger partial charge in [-0.2, -0.15) is 0 Å². The number of nitrogens with one attached hydrogen (secondary N) is 1. The normalized spacial score (nSPS) is 28.0. The van der Waals surface area contributed by atoms with Crippen molar-refractivity contribution in [1.29, 1.82) is 0 Å². The van der Waals surface area contributed by atoms with Crippen molar-refractivity contribution in [3.05, 3.63) is 0 Å². The zero-order chi connectivity index (χ0) is 9.84. The van der Waals surface area contributed by atoms with Gasteiger partial charge >= 0.3 is 5.97 Å². The quantitative estimate of drug-likeness (QED) is 0.308. The molecule has 0 saturated carbocycles. The summed E-state index contributed by atoms with van der Waals surface area (Å²) < 4.78 is 0. The molecular formula is C7H14N4O2. The Morgan fingerprint density at radius 3 is 2.54 bits per heavy atom. The topological polar surface area (TPSA) is 114 Å². The van der Waals surface area contributed by atoms with Crippen LogP contribution >= 0.6 is 0 Å². The monoisotopic (exact) mass is 186 g/mol. The molecule has 6 N–H and O–H groups in total. The molecule has 0 amide bonds. The standard InChI is InChI=1S/C7H14N4O2/c8-7(9)11-4-1-2-5(6(12)13)10-3-4/h4-5,10H,1-3H2,(H,12,13)(H4,8,9,11)/t4-,5+/m1/s1. The van der Waals surface area contributed by atoms with Crippen LogP contribution in [-0.4, -0.2) is 35.7 Å². The fraction of sp³-hybridized carbons (Fsp3) is 0.714. The minimum atomic E-state index is -0.817. The Balaban J connectivity index is 2.39. The van der Waals surface area contributed by atoms with Gasteiger partial charge in [-0.15, -0.1) is 0 Å². The number of guanidine groups is 1. The Morgan fingerprint density at radius 1 is 1.46 bits per heavy atom. The molecule has 1 saturated heterocycles. The summed E-state index contributed by atoms with van der Waals surface area (Å²) in [6.07, 6.45) is 1.28. The van der Waals surface area contributed by atoms with E-state index in [1.807, 2.05) is 0 Å². The number of piperidine rings is 1. The third-order valence-electron chi connectivity index (χ3n) is 2.02. The van der Waals surface area contributed by atoms with Gasteiger partial charge in [0.05, 0.1) is 6.04 Å². The number of carbonyl (C=O) groups is 1. The van der Waals surface area contributed by atoms with E-state index >= 15 is 0 Å². The molecule has 1 rings (SSSR count). The number of rotatable bonds is 2. The van der Waals surface area contributed by atoms with Crippen LogP contribution in [0.25, 0.3) is 0 Å². The molecule has 1 aliphatic rings. The van der Waals surface area contributed by atoms with Crippen molar-refractivity contribution >= 4 is 11.9 Å². The average molecular weight is 186 g/mol. The van der Waals surface area contributed by atoms with Gasteiger partial charge in [-0.1, -0.05) is 0 Å². The van der Waals surface area contributed by atoms with E-state index in [0.717, 1.165) is 0 Å². The molecule has 0 radical (unpaired) electrons. The second-order valence-corrected chi connectivity index (χ2v) is 3.08. The first-order valence-electron chi connectivity index (χ1n) is 4.14. The van der Waals surface area contributed by atoms with E-state index in [1.165, 1.54) is 0 Å². The minimum Gasteiger partial charge on any atom is -0.480 e. The van der Waals surface area contributed by atoms with Crippen molar-refractivity contribution in [2.45, 2.75) is 24.9 Å². The highest BCUT2D eigenvalue weighted by molar-refractivity contribution is 5.76. The average Bonchev–Trinajstić information content (AvgIpc) is 2.04. The van der Waals surface area contributed by atoms with Crippen LogP contribution in [0, 0.1) is 0 Å². The van der Waals surface area contributed by atoms with Crippen LogP contribution < -0.4 is 16.8 Å². The third kappa shape index (κ3) is 2.90. The Bertz CT molecular complexity index is 217. The van der Waals surface area contributed by atoms with Crippen molar-refractivity contribution in [2.75, 3.05) is 6.54 Å². The summed E-state index contributed by atoms with van der Waals surface area (Å²) in [6.45, 7) is 0.523. The van der Waals surface area contributed by atoms with Gasteiger partial charge < -0.3 is 21.9 Å². The van der Waals surface area contributed by atoms with Crippen LogP contribution in [0.3, 0.4) is 0 Å². The first-order valence-corrected chi connectivity index (χ1v) is 4.14. The highest BCUT2D eigenvalue weighted by atomic mass is 16.4. The van der Waals surface area contributed by atoms with Crippen LogP contribution in [0.15, 0.2) is 4.99 Å². The minimum absolute atomic E-state index is 0.0144. The summed E-state index contributed by atoms with van der Waals surface area (Å²) in [5, 5.41) is 11.5. The molecule has 6 heteroatoms. The molecule has 0 bridgehead atoms. The number of nitrogens with two attached hydrogens (primary N) is 2. The number of aliphatic imine (C=N–C) groups is 1. The van der Waals surface area contributed by atoms with Gasteiger partial charge in [0.1, 0.15) is 6.04 Å². The van der Waals surface area contributed by atoms with Crippen molar-refractivity contribution in [3.63, 3.8) is 0 Å². The molecular weight excluding hydrogens is 172 g/mol. The van der Waals surface area contributed by atoms with Crippen LogP contribution in [0.2, 0.25) is 0 Å². The number of carboxylic acids is 1. The lowest BCUT2D eigenvalue weighted by Gasteiger charge is -2.24. The SMILES string of the molecule is NC(N)=N[C@@H]1CC[C@@H](C(=O)O)NC1. The Kier molecular flexibility index (Phi) is 3.07. The number of hydrogen-bond acceptors (Lipinski definition) is 3. The van der Waals surface area contributed by atoms with Crippen molar-refractivity contribution in [3.8, 4) is 0 Å². The lowest BCUT2D eigenvalue weighted by Crippen LogP contribution is -2.46. The first kappa shape index (κ1) is 9.79. The Labute approximate surface area is 76.0 Å². The smallest absolute Gasteiger partial charge is 0.320 e. The van der Waals surface area contributed by atoms with Gasteiger partial charge in [-0.25, -0.2) is 4.99 Å². The summed E-state index contributed by atoms with van der Waals surface area (Å²) in [5.41, 5.74) is 10.4. The second-order valence-electron chi connectivity index (χ2n) is 3.08. The molecule has 74 valence electrons. The maximum atomic E-state index is 10.5. The highest BCUT2D eigenvalue weighted by Crippen LogP contribution is 2.10. The van der Waals surface area contributed by atoms with Gasteiger partial charge in [-0.05, 0) is 12.8 Å². The predicted octanol–water partition coefficient (Wildman–Crippen LogP) is -1.53. The molecule has 1 fully saturated rings. The summed E-state index contributed by atoms with van der Waals surface area (Å²) in [4.78, 5) is 14.5. The van der Waals surface area contributed by atoms with Crippen LogP contribution in [0.5, 0.6) is 0 Å². The number of hydrogen-bond donors (Lipinski definition) is 4. The molecule has 0 aromatic heterocycles. The van der Waals surface area contributed by atoms with Gasteiger partial charge in [0.25, 0.3) is 0 Å². The first-order chi connectivity index (χ1) is 6.09. The molecule has 0 aromatic rings. The van der Waals surface area contributed by atoms with E-state index in [9.17, 15) is 4.79 Å². The summed E-state index contributed by atoms with van der Waals surface area (Å²) in [7, 11) is 0. The fourth-order valence-corrected chi connectivity index (χ4v) is 1.37. The van der Waals surface area contributed by atoms with Crippen LogP contribution in [0.1, 0.15) is 12.8 Å². The summed E-state index contributed by atoms with van der Waals surface area (Å²) in [5.74, 6) is -0.760. The molecule has 2 atom stereocenters. The number of carboxylic acid groups (broad SMARTS) is 1. The van der Waals surface area contributed by atoms with Gasteiger partial charge in [0, 0.05) is 6.54 Å². The van der Waals surface area contributed by atoms with E-state index in [2.05, 4.69) is 10.3 Å². The van der Waals surface area contributed by atoms with E-state index in [4.69, 9.17) is 16.6 Å². The molecule has 1 aliphatic heterocycles. The molecule has 0 spiro atoms. The van der Waals surface area contributed by atoms with Gasteiger partial charge in [-0.3, -0.25) is 4.79 Å². The lowest BCUT2D eigenvalue weighted by molar-refractivity contribution is -0.140. The van der Waals surface area contributed by atoms with E-state index in [0.29, 0.717) is 19.4 Å². The molecule has 1 heterocycles. The summed E-state index contributed by atoms with van der Waals surface area (Å²) in [6, 6.07) is -0.439. The predicted molar refractivity (Wildman–Crippen MR) is 48.3 cm³/mol. The molecule has 0 aromatic carbocycles. The van der Waals surface area contributed by atoms with Crippen LogP contribution in [-0.2, 0) is 4.79 Å². The van der Waals surface area contributed by atoms with Gasteiger partial charge in [0.15, 0.2) is 5.96 Å². The maximum Gasteiger partial charge on any atom is 0.320 e. The summed E-state index contributed by atoms with van der Waals surface area (Å²) >= 11 is 0. The van der Waals surface area contributed by atoms with Crippen molar-refractivity contribution < 1.29 is 9.90 Å².